The third kappa shape index (κ3) is 2.88. The molecule has 1 unspecified atom stereocenters. The predicted octanol–water partition coefficient (Wildman–Crippen LogP) is -0.487. The van der Waals surface area contributed by atoms with E-state index >= 15 is 0 Å². The number of carboxylic acid groups (broad SMARTS) is 1. The molecule has 4 N–H and O–H groups in total. The van der Waals surface area contributed by atoms with Crippen LogP contribution in [0.5, 0.6) is 11.5 Å². The van der Waals surface area contributed by atoms with Gasteiger partial charge in [0.2, 0.25) is 5.91 Å². The molecule has 21 heavy (non-hydrogen) atoms. The largest absolute Gasteiger partial charge is 0.507 e. The SMILES string of the molecule is O=C(O)CC1C(=O)NCCN1C(=O)c1c(O)cccc1O. The summed E-state index contributed by atoms with van der Waals surface area (Å²) in [5.41, 5.74) is -0.345. The van der Waals surface area contributed by atoms with Gasteiger partial charge < -0.3 is 25.5 Å². The molecule has 1 aromatic rings. The molecule has 2 rings (SSSR count). The first-order valence-corrected chi connectivity index (χ1v) is 6.23. The van der Waals surface area contributed by atoms with Gasteiger partial charge in [-0.15, -0.1) is 0 Å². The van der Waals surface area contributed by atoms with E-state index in [2.05, 4.69) is 5.32 Å². The second-order valence-electron chi connectivity index (χ2n) is 4.57. The number of nitrogens with zero attached hydrogens (tertiary/aromatic N) is 1. The Bertz CT molecular complexity index is 580. The van der Waals surface area contributed by atoms with Crippen molar-refractivity contribution < 1.29 is 29.7 Å². The maximum absolute atomic E-state index is 12.4. The van der Waals surface area contributed by atoms with Crippen LogP contribution < -0.4 is 5.32 Å². The Morgan fingerprint density at radius 1 is 1.29 bits per heavy atom. The number of benzene rings is 1. The molecule has 1 aromatic carbocycles. The lowest BCUT2D eigenvalue weighted by Gasteiger charge is -2.34. The van der Waals surface area contributed by atoms with Crippen molar-refractivity contribution in [3.05, 3.63) is 23.8 Å². The van der Waals surface area contributed by atoms with Gasteiger partial charge >= 0.3 is 5.97 Å². The van der Waals surface area contributed by atoms with Crippen LogP contribution >= 0.6 is 0 Å². The lowest BCUT2D eigenvalue weighted by molar-refractivity contribution is -0.142. The van der Waals surface area contributed by atoms with E-state index in [-0.39, 0.29) is 18.7 Å². The molecular formula is C13H14N2O6. The molecule has 2 amide bonds. The highest BCUT2D eigenvalue weighted by Crippen LogP contribution is 2.29. The monoisotopic (exact) mass is 294 g/mol. The van der Waals surface area contributed by atoms with Gasteiger partial charge in [0, 0.05) is 13.1 Å². The fourth-order valence-corrected chi connectivity index (χ4v) is 2.22. The van der Waals surface area contributed by atoms with Crippen LogP contribution in [0.1, 0.15) is 16.8 Å². The van der Waals surface area contributed by atoms with Gasteiger partial charge in [0.15, 0.2) is 0 Å². The lowest BCUT2D eigenvalue weighted by atomic mass is 10.1. The zero-order chi connectivity index (χ0) is 15.6. The van der Waals surface area contributed by atoms with Crippen LogP contribution in [0.2, 0.25) is 0 Å². The number of hydrogen-bond donors (Lipinski definition) is 4. The maximum atomic E-state index is 12.4. The average Bonchev–Trinajstić information content (AvgIpc) is 2.40. The first-order valence-electron chi connectivity index (χ1n) is 6.23. The fourth-order valence-electron chi connectivity index (χ4n) is 2.22. The number of phenolic OH excluding ortho intramolecular Hbond substituents is 2. The minimum Gasteiger partial charge on any atom is -0.507 e. The molecule has 0 aliphatic carbocycles. The highest BCUT2D eigenvalue weighted by molar-refractivity contribution is 6.02. The number of carboxylic acids is 1. The predicted molar refractivity (Wildman–Crippen MR) is 69.9 cm³/mol. The Morgan fingerprint density at radius 2 is 1.90 bits per heavy atom. The third-order valence-electron chi connectivity index (χ3n) is 3.19. The van der Waals surface area contributed by atoms with Crippen molar-refractivity contribution in [1.82, 2.24) is 10.2 Å². The van der Waals surface area contributed by atoms with E-state index in [1.807, 2.05) is 0 Å². The molecule has 1 heterocycles. The van der Waals surface area contributed by atoms with E-state index in [1.165, 1.54) is 18.2 Å². The molecule has 0 spiro atoms. The molecule has 1 saturated heterocycles. The molecule has 1 aliphatic rings. The van der Waals surface area contributed by atoms with E-state index in [9.17, 15) is 24.6 Å². The summed E-state index contributed by atoms with van der Waals surface area (Å²) in [4.78, 5) is 36.0. The highest BCUT2D eigenvalue weighted by atomic mass is 16.4. The number of rotatable bonds is 3. The molecule has 0 bridgehead atoms. The van der Waals surface area contributed by atoms with E-state index < -0.39 is 41.7 Å². The van der Waals surface area contributed by atoms with Crippen molar-refractivity contribution in [2.75, 3.05) is 13.1 Å². The van der Waals surface area contributed by atoms with E-state index in [1.54, 1.807) is 0 Å². The average molecular weight is 294 g/mol. The molecule has 1 atom stereocenters. The summed E-state index contributed by atoms with van der Waals surface area (Å²) in [6.07, 6.45) is -0.550. The van der Waals surface area contributed by atoms with E-state index in [0.717, 1.165) is 4.90 Å². The van der Waals surface area contributed by atoms with E-state index in [0.29, 0.717) is 0 Å². The fraction of sp³-hybridized carbons (Fsp3) is 0.308. The van der Waals surface area contributed by atoms with Crippen LogP contribution in [0.15, 0.2) is 18.2 Å². The number of nitrogens with one attached hydrogen (secondary N) is 1. The lowest BCUT2D eigenvalue weighted by Crippen LogP contribution is -2.57. The Morgan fingerprint density at radius 3 is 2.48 bits per heavy atom. The van der Waals surface area contributed by atoms with Crippen molar-refractivity contribution in [3.8, 4) is 11.5 Å². The topological polar surface area (TPSA) is 127 Å². The zero-order valence-corrected chi connectivity index (χ0v) is 10.9. The normalized spacial score (nSPS) is 18.2. The molecule has 8 heteroatoms. The molecule has 8 nitrogen and oxygen atoms in total. The van der Waals surface area contributed by atoms with Gasteiger partial charge in [0.05, 0.1) is 6.42 Å². The van der Waals surface area contributed by atoms with Gasteiger partial charge in [-0.3, -0.25) is 14.4 Å². The van der Waals surface area contributed by atoms with Crippen LogP contribution in [0.25, 0.3) is 0 Å². The standard InChI is InChI=1S/C13H14N2O6/c16-8-2-1-3-9(17)11(8)13(21)15-5-4-14-12(20)7(15)6-10(18)19/h1-3,7,16-17H,4-6H2,(H,14,20)(H,18,19). The van der Waals surface area contributed by atoms with Gasteiger partial charge in [-0.25, -0.2) is 0 Å². The first-order chi connectivity index (χ1) is 9.91. The quantitative estimate of drug-likeness (QED) is 0.596. The van der Waals surface area contributed by atoms with Crippen molar-refractivity contribution in [3.63, 3.8) is 0 Å². The van der Waals surface area contributed by atoms with Crippen LogP contribution in [0.4, 0.5) is 0 Å². The molecule has 0 saturated carbocycles. The van der Waals surface area contributed by atoms with Gasteiger partial charge in [-0.2, -0.15) is 0 Å². The molecule has 1 fully saturated rings. The van der Waals surface area contributed by atoms with Gasteiger partial charge in [0.25, 0.3) is 5.91 Å². The zero-order valence-electron chi connectivity index (χ0n) is 10.9. The van der Waals surface area contributed by atoms with Crippen molar-refractivity contribution >= 4 is 17.8 Å². The number of amides is 2. The smallest absolute Gasteiger partial charge is 0.305 e. The number of aliphatic carboxylic acids is 1. The van der Waals surface area contributed by atoms with Gasteiger partial charge in [-0.05, 0) is 12.1 Å². The van der Waals surface area contributed by atoms with Crippen LogP contribution in [-0.2, 0) is 9.59 Å². The van der Waals surface area contributed by atoms with Crippen LogP contribution in [-0.4, -0.2) is 57.1 Å². The van der Waals surface area contributed by atoms with Crippen molar-refractivity contribution in [2.24, 2.45) is 0 Å². The number of phenols is 2. The van der Waals surface area contributed by atoms with Crippen molar-refractivity contribution in [2.45, 2.75) is 12.5 Å². The van der Waals surface area contributed by atoms with Crippen LogP contribution in [0.3, 0.4) is 0 Å². The molecular weight excluding hydrogens is 280 g/mol. The number of hydrogen-bond acceptors (Lipinski definition) is 5. The summed E-state index contributed by atoms with van der Waals surface area (Å²) in [7, 11) is 0. The summed E-state index contributed by atoms with van der Waals surface area (Å²) in [6.45, 7) is 0.269. The minimum atomic E-state index is -1.23. The Labute approximate surface area is 119 Å². The maximum Gasteiger partial charge on any atom is 0.305 e. The second-order valence-corrected chi connectivity index (χ2v) is 4.57. The number of carbonyl (C=O) groups excluding carboxylic acids is 2. The number of piperazine rings is 1. The molecule has 112 valence electrons. The Hall–Kier alpha value is -2.77. The third-order valence-corrected chi connectivity index (χ3v) is 3.19. The summed E-state index contributed by atoms with van der Waals surface area (Å²) >= 11 is 0. The van der Waals surface area contributed by atoms with Crippen molar-refractivity contribution in [1.29, 1.82) is 0 Å². The van der Waals surface area contributed by atoms with E-state index in [4.69, 9.17) is 5.11 Å². The van der Waals surface area contributed by atoms with Gasteiger partial charge in [-0.1, -0.05) is 6.07 Å². The Kier molecular flexibility index (Phi) is 3.97. The summed E-state index contributed by atoms with van der Waals surface area (Å²) in [5, 5.41) is 30.7. The van der Waals surface area contributed by atoms with Gasteiger partial charge in [0.1, 0.15) is 23.1 Å². The second kappa shape index (κ2) is 5.70. The highest BCUT2D eigenvalue weighted by Gasteiger charge is 2.36. The summed E-state index contributed by atoms with van der Waals surface area (Å²) < 4.78 is 0. The minimum absolute atomic E-state index is 0.0935. The summed E-state index contributed by atoms with van der Waals surface area (Å²) in [6, 6.07) is 2.63. The first kappa shape index (κ1) is 14.6. The Balaban J connectivity index is 2.35. The number of aromatic hydroxyl groups is 2. The molecule has 1 aliphatic heterocycles. The molecule has 0 aromatic heterocycles. The van der Waals surface area contributed by atoms with Crippen LogP contribution in [0, 0.1) is 0 Å². The molecule has 0 radical (unpaired) electrons. The summed E-state index contributed by atoms with van der Waals surface area (Å²) in [5.74, 6) is -3.45. The number of carbonyl (C=O) groups is 3.